The molecule has 1 aromatic carbocycles. The zero-order chi connectivity index (χ0) is 18.0. The first-order chi connectivity index (χ1) is 12.0. The number of benzene rings is 1. The third-order valence-corrected chi connectivity index (χ3v) is 5.09. The van der Waals surface area contributed by atoms with Crippen LogP contribution in [0.2, 0.25) is 0 Å². The van der Waals surface area contributed by atoms with Crippen molar-refractivity contribution in [2.75, 3.05) is 19.0 Å². The Kier molecular flexibility index (Phi) is 5.15. The van der Waals surface area contributed by atoms with Crippen molar-refractivity contribution in [3.05, 3.63) is 40.5 Å². The van der Waals surface area contributed by atoms with Gasteiger partial charge in [-0.25, -0.2) is 9.18 Å². The minimum atomic E-state index is -0.550. The van der Waals surface area contributed by atoms with Gasteiger partial charge in [-0.3, -0.25) is 4.79 Å². The van der Waals surface area contributed by atoms with Crippen LogP contribution in [0, 0.1) is 12.7 Å². The van der Waals surface area contributed by atoms with Crippen LogP contribution in [-0.2, 0) is 14.3 Å². The first kappa shape index (κ1) is 17.6. The lowest BCUT2D eigenvalue weighted by Gasteiger charge is -2.11. The second kappa shape index (κ2) is 7.33. The Hall–Kier alpha value is -2.25. The molecule has 2 heterocycles. The third kappa shape index (κ3) is 3.57. The average Bonchev–Trinajstić information content (AvgIpc) is 3.23. The van der Waals surface area contributed by atoms with Gasteiger partial charge < -0.3 is 14.8 Å². The molecule has 0 aliphatic carbocycles. The van der Waals surface area contributed by atoms with Crippen LogP contribution in [0.1, 0.15) is 28.1 Å². The zero-order valence-electron chi connectivity index (χ0n) is 13.9. The van der Waals surface area contributed by atoms with Crippen LogP contribution in [0.25, 0.3) is 11.1 Å². The van der Waals surface area contributed by atoms with E-state index >= 15 is 0 Å². The normalized spacial score (nSPS) is 16.7. The fourth-order valence-electron chi connectivity index (χ4n) is 2.87. The van der Waals surface area contributed by atoms with Crippen molar-refractivity contribution >= 4 is 28.2 Å². The van der Waals surface area contributed by atoms with Crippen LogP contribution >= 0.6 is 11.3 Å². The van der Waals surface area contributed by atoms with E-state index in [0.717, 1.165) is 11.3 Å². The largest absolute Gasteiger partial charge is 0.465 e. The molecule has 1 fully saturated rings. The molecule has 25 heavy (non-hydrogen) atoms. The van der Waals surface area contributed by atoms with Gasteiger partial charge in [-0.05, 0) is 37.5 Å². The quantitative estimate of drug-likeness (QED) is 0.840. The van der Waals surface area contributed by atoms with Crippen molar-refractivity contribution in [2.45, 2.75) is 25.9 Å². The minimum absolute atomic E-state index is 0.269. The molecule has 0 radical (unpaired) electrons. The van der Waals surface area contributed by atoms with Crippen molar-refractivity contribution in [2.24, 2.45) is 0 Å². The number of amides is 1. The molecule has 1 amide bonds. The lowest BCUT2D eigenvalue weighted by molar-refractivity contribution is -0.124. The lowest BCUT2D eigenvalue weighted by Crippen LogP contribution is -2.27. The van der Waals surface area contributed by atoms with Crippen LogP contribution in [0.4, 0.5) is 9.39 Å². The molecule has 1 atom stereocenters. The van der Waals surface area contributed by atoms with Crippen molar-refractivity contribution in [1.82, 2.24) is 0 Å². The lowest BCUT2D eigenvalue weighted by atomic mass is 10.0. The fraction of sp³-hybridized carbons (Fsp3) is 0.333. The van der Waals surface area contributed by atoms with Gasteiger partial charge in [-0.1, -0.05) is 12.1 Å². The van der Waals surface area contributed by atoms with Crippen molar-refractivity contribution in [3.8, 4) is 11.1 Å². The SMILES string of the molecule is COC(=O)c1c(NC(=O)[C@H]2CCCO2)sc(C)c1-c1ccc(F)cc1. The molecule has 5 nitrogen and oxygen atoms in total. The Morgan fingerprint density at radius 3 is 2.64 bits per heavy atom. The average molecular weight is 363 g/mol. The number of thiophene rings is 1. The molecule has 0 spiro atoms. The van der Waals surface area contributed by atoms with Gasteiger partial charge >= 0.3 is 5.97 Å². The highest BCUT2D eigenvalue weighted by Crippen LogP contribution is 2.40. The van der Waals surface area contributed by atoms with E-state index in [2.05, 4.69) is 5.32 Å². The number of carbonyl (C=O) groups is 2. The summed E-state index contributed by atoms with van der Waals surface area (Å²) in [6, 6.07) is 5.86. The van der Waals surface area contributed by atoms with E-state index < -0.39 is 12.1 Å². The summed E-state index contributed by atoms with van der Waals surface area (Å²) in [5.41, 5.74) is 1.61. The van der Waals surface area contributed by atoms with Crippen LogP contribution in [-0.4, -0.2) is 31.7 Å². The molecule has 132 valence electrons. The van der Waals surface area contributed by atoms with Crippen molar-refractivity contribution < 1.29 is 23.5 Å². The van der Waals surface area contributed by atoms with Crippen LogP contribution in [0.3, 0.4) is 0 Å². The van der Waals surface area contributed by atoms with E-state index in [1.807, 2.05) is 6.92 Å². The van der Waals surface area contributed by atoms with Gasteiger partial charge in [-0.15, -0.1) is 11.3 Å². The van der Waals surface area contributed by atoms with Crippen molar-refractivity contribution in [1.29, 1.82) is 0 Å². The summed E-state index contributed by atoms with van der Waals surface area (Å²) in [5, 5.41) is 3.21. The van der Waals surface area contributed by atoms with E-state index in [1.165, 1.54) is 30.6 Å². The molecule has 1 saturated heterocycles. The maximum absolute atomic E-state index is 13.2. The van der Waals surface area contributed by atoms with Gasteiger partial charge in [-0.2, -0.15) is 0 Å². The van der Waals surface area contributed by atoms with Gasteiger partial charge in [0.15, 0.2) is 0 Å². The summed E-state index contributed by atoms with van der Waals surface area (Å²) in [6.07, 6.45) is 1.00. The number of anilines is 1. The molecule has 0 unspecified atom stereocenters. The molecule has 1 N–H and O–H groups in total. The van der Waals surface area contributed by atoms with E-state index in [4.69, 9.17) is 9.47 Å². The van der Waals surface area contributed by atoms with Gasteiger partial charge in [0.25, 0.3) is 5.91 Å². The summed E-state index contributed by atoms with van der Waals surface area (Å²) in [7, 11) is 1.29. The predicted molar refractivity (Wildman–Crippen MR) is 93.4 cm³/mol. The number of methoxy groups -OCH3 is 1. The van der Waals surface area contributed by atoms with Crippen LogP contribution in [0.15, 0.2) is 24.3 Å². The summed E-state index contributed by atoms with van der Waals surface area (Å²) in [6.45, 7) is 2.41. The molecule has 1 aromatic heterocycles. The number of halogens is 1. The molecular weight excluding hydrogens is 345 g/mol. The minimum Gasteiger partial charge on any atom is -0.465 e. The van der Waals surface area contributed by atoms with Gasteiger partial charge in [0.1, 0.15) is 22.5 Å². The zero-order valence-corrected chi connectivity index (χ0v) is 14.7. The van der Waals surface area contributed by atoms with E-state index in [-0.39, 0.29) is 17.3 Å². The molecule has 3 rings (SSSR count). The molecule has 7 heteroatoms. The summed E-state index contributed by atoms with van der Waals surface area (Å²) in [5.74, 6) is -1.18. The van der Waals surface area contributed by atoms with E-state index in [9.17, 15) is 14.0 Å². The monoisotopic (exact) mass is 363 g/mol. The Morgan fingerprint density at radius 1 is 1.32 bits per heavy atom. The summed E-state index contributed by atoms with van der Waals surface area (Å²) in [4.78, 5) is 25.5. The molecule has 0 bridgehead atoms. The third-order valence-electron chi connectivity index (χ3n) is 4.07. The molecular formula is C18H18FNO4S. The van der Waals surface area contributed by atoms with Crippen LogP contribution in [0.5, 0.6) is 0 Å². The highest BCUT2D eigenvalue weighted by molar-refractivity contribution is 7.17. The maximum atomic E-state index is 13.2. The first-order valence-electron chi connectivity index (χ1n) is 7.91. The number of hydrogen-bond donors (Lipinski definition) is 1. The number of rotatable bonds is 4. The second-order valence-electron chi connectivity index (χ2n) is 5.73. The number of nitrogens with one attached hydrogen (secondary N) is 1. The first-order valence-corrected chi connectivity index (χ1v) is 8.73. The fourth-order valence-corrected chi connectivity index (χ4v) is 3.94. The topological polar surface area (TPSA) is 64.6 Å². The maximum Gasteiger partial charge on any atom is 0.341 e. The smallest absolute Gasteiger partial charge is 0.341 e. The van der Waals surface area contributed by atoms with Gasteiger partial charge in [0.2, 0.25) is 0 Å². The number of carbonyl (C=O) groups excluding carboxylic acids is 2. The summed E-state index contributed by atoms with van der Waals surface area (Å²) < 4.78 is 23.5. The highest BCUT2D eigenvalue weighted by atomic mass is 32.1. The van der Waals surface area contributed by atoms with Gasteiger partial charge in [0.05, 0.1) is 7.11 Å². The standard InChI is InChI=1S/C18H18FNO4S/c1-10-14(11-5-7-12(19)8-6-11)15(18(22)23-2)17(25-10)20-16(21)13-4-3-9-24-13/h5-8,13H,3-4,9H2,1-2H3,(H,20,21)/t13-/m1/s1. The van der Waals surface area contributed by atoms with Gasteiger partial charge in [0, 0.05) is 17.0 Å². The summed E-state index contributed by atoms with van der Waals surface area (Å²) >= 11 is 1.29. The Balaban J connectivity index is 2.00. The second-order valence-corrected chi connectivity index (χ2v) is 6.95. The molecule has 1 aliphatic rings. The Labute approximate surface area is 148 Å². The molecule has 1 aliphatic heterocycles. The Bertz CT molecular complexity index is 794. The number of ether oxygens (including phenoxy) is 2. The van der Waals surface area contributed by atoms with Crippen LogP contribution < -0.4 is 5.32 Å². The highest BCUT2D eigenvalue weighted by Gasteiger charge is 2.29. The van der Waals surface area contributed by atoms with Crippen molar-refractivity contribution in [3.63, 3.8) is 0 Å². The number of esters is 1. The molecule has 2 aromatic rings. The van der Waals surface area contributed by atoms with E-state index in [1.54, 1.807) is 12.1 Å². The number of hydrogen-bond acceptors (Lipinski definition) is 5. The van der Waals surface area contributed by atoms with E-state index in [0.29, 0.717) is 29.2 Å². The number of aryl methyl sites for hydroxylation is 1. The molecule has 0 saturated carbocycles. The Morgan fingerprint density at radius 2 is 2.04 bits per heavy atom. The predicted octanol–water partition coefficient (Wildman–Crippen LogP) is 3.77.